The summed E-state index contributed by atoms with van der Waals surface area (Å²) < 4.78 is 25.2. The first kappa shape index (κ1) is 17.4. The Morgan fingerprint density at radius 3 is 2.83 bits per heavy atom. The lowest BCUT2D eigenvalue weighted by atomic mass is 10.1. The van der Waals surface area contributed by atoms with Gasteiger partial charge in [-0.3, -0.25) is 4.79 Å². The van der Waals surface area contributed by atoms with E-state index in [4.69, 9.17) is 0 Å². The fourth-order valence-electron chi connectivity index (χ4n) is 3.84. The van der Waals surface area contributed by atoms with E-state index in [-0.39, 0.29) is 24.1 Å². The van der Waals surface area contributed by atoms with E-state index in [2.05, 4.69) is 5.32 Å². The maximum absolute atomic E-state index is 12.6. The summed E-state index contributed by atoms with van der Waals surface area (Å²) in [5.74, 6) is -0.148. The van der Waals surface area contributed by atoms with Crippen LogP contribution in [-0.2, 0) is 27.5 Å². The van der Waals surface area contributed by atoms with Gasteiger partial charge in [-0.05, 0) is 62.4 Å². The molecule has 1 N–H and O–H groups in total. The fraction of sp³-hybridized carbons (Fsp3) is 0.611. The lowest BCUT2D eigenvalue weighted by molar-refractivity contribution is -0.131. The number of hydrogen-bond acceptors (Lipinski definition) is 4. The van der Waals surface area contributed by atoms with Crippen molar-refractivity contribution in [1.82, 2.24) is 10.2 Å². The Morgan fingerprint density at radius 2 is 2.04 bits per heavy atom. The summed E-state index contributed by atoms with van der Waals surface area (Å²) in [6.07, 6.45) is 5.14. The van der Waals surface area contributed by atoms with Crippen LogP contribution in [0.25, 0.3) is 0 Å². The second kappa shape index (κ2) is 7.23. The Balaban J connectivity index is 1.64. The van der Waals surface area contributed by atoms with E-state index < -0.39 is 9.84 Å². The second-order valence-electron chi connectivity index (χ2n) is 6.79. The molecule has 0 spiro atoms. The summed E-state index contributed by atoms with van der Waals surface area (Å²) in [5.41, 5.74) is 2.41. The van der Waals surface area contributed by atoms with Gasteiger partial charge in [-0.2, -0.15) is 0 Å². The van der Waals surface area contributed by atoms with Gasteiger partial charge in [-0.25, -0.2) is 8.42 Å². The van der Waals surface area contributed by atoms with Crippen LogP contribution in [0.1, 0.15) is 36.8 Å². The number of rotatable bonds is 6. The fourth-order valence-corrected chi connectivity index (χ4v) is 5.11. The third-order valence-electron chi connectivity index (χ3n) is 5.15. The molecular formula is C18H26N2O3S. The average molecular weight is 350 g/mol. The number of nitrogens with zero attached hydrogens (tertiary/aromatic N) is 1. The molecule has 1 amide bonds. The number of aryl methyl sites for hydroxylation is 2. The molecular weight excluding hydrogens is 324 g/mol. The quantitative estimate of drug-likeness (QED) is 0.845. The predicted molar refractivity (Wildman–Crippen MR) is 93.8 cm³/mol. The monoisotopic (exact) mass is 350 g/mol. The van der Waals surface area contributed by atoms with Crippen molar-refractivity contribution in [2.75, 3.05) is 25.9 Å². The zero-order valence-corrected chi connectivity index (χ0v) is 15.1. The molecule has 1 fully saturated rings. The van der Waals surface area contributed by atoms with Crippen LogP contribution >= 0.6 is 0 Å². The first-order valence-electron chi connectivity index (χ1n) is 8.80. The number of likely N-dealkylation sites (N-methyl/N-ethyl adjacent to an activating group) is 1. The van der Waals surface area contributed by atoms with Gasteiger partial charge in [-0.1, -0.05) is 6.07 Å². The van der Waals surface area contributed by atoms with Gasteiger partial charge in [0, 0.05) is 25.6 Å². The Kier molecular flexibility index (Phi) is 5.25. The van der Waals surface area contributed by atoms with Crippen LogP contribution in [0.15, 0.2) is 23.1 Å². The average Bonchev–Trinajstić information content (AvgIpc) is 3.21. The molecule has 5 nitrogen and oxygen atoms in total. The number of hydrogen-bond donors (Lipinski definition) is 1. The van der Waals surface area contributed by atoms with Crippen molar-refractivity contribution in [1.29, 1.82) is 0 Å². The van der Waals surface area contributed by atoms with Crippen molar-refractivity contribution >= 4 is 15.7 Å². The Morgan fingerprint density at radius 1 is 1.25 bits per heavy atom. The Labute approximate surface area is 144 Å². The van der Waals surface area contributed by atoms with Gasteiger partial charge in [0.05, 0.1) is 10.6 Å². The van der Waals surface area contributed by atoms with E-state index in [1.165, 1.54) is 5.56 Å². The standard InChI is InChI=1S/C18H26N2O3S/c1-19-13-16-6-3-10-20(16)18(21)9-11-24(22,23)17-8-7-14-4-2-5-15(14)12-17/h7-8,12,16,19H,2-6,9-11,13H2,1H3. The van der Waals surface area contributed by atoms with Crippen LogP contribution in [0.5, 0.6) is 0 Å². The van der Waals surface area contributed by atoms with E-state index in [0.29, 0.717) is 4.90 Å². The molecule has 1 heterocycles. The van der Waals surface area contributed by atoms with Crippen LogP contribution in [0.4, 0.5) is 0 Å². The lowest BCUT2D eigenvalue weighted by Crippen LogP contribution is -2.41. The number of fused-ring (bicyclic) bond motifs is 1. The molecule has 1 aromatic rings. The van der Waals surface area contributed by atoms with E-state index in [1.807, 2.05) is 24.1 Å². The molecule has 1 saturated heterocycles. The molecule has 24 heavy (non-hydrogen) atoms. The van der Waals surface area contributed by atoms with Crippen LogP contribution in [0.2, 0.25) is 0 Å². The zero-order chi connectivity index (χ0) is 17.2. The van der Waals surface area contributed by atoms with Gasteiger partial charge in [-0.15, -0.1) is 0 Å². The lowest BCUT2D eigenvalue weighted by Gasteiger charge is -2.24. The number of benzene rings is 1. The largest absolute Gasteiger partial charge is 0.338 e. The summed E-state index contributed by atoms with van der Waals surface area (Å²) in [7, 11) is -1.53. The van der Waals surface area contributed by atoms with Crippen molar-refractivity contribution in [3.8, 4) is 0 Å². The topological polar surface area (TPSA) is 66.5 Å². The van der Waals surface area contributed by atoms with Crippen LogP contribution < -0.4 is 5.32 Å². The van der Waals surface area contributed by atoms with Crippen molar-refractivity contribution in [2.45, 2.75) is 49.5 Å². The van der Waals surface area contributed by atoms with Gasteiger partial charge in [0.2, 0.25) is 5.91 Å². The maximum Gasteiger partial charge on any atom is 0.223 e. The molecule has 0 radical (unpaired) electrons. The van der Waals surface area contributed by atoms with Crippen molar-refractivity contribution < 1.29 is 13.2 Å². The number of nitrogens with one attached hydrogen (secondary N) is 1. The molecule has 2 aliphatic rings. The van der Waals surface area contributed by atoms with Gasteiger partial charge in [0.1, 0.15) is 0 Å². The molecule has 132 valence electrons. The first-order valence-corrected chi connectivity index (χ1v) is 10.4. The third kappa shape index (κ3) is 3.64. The molecule has 1 aliphatic heterocycles. The van der Waals surface area contributed by atoms with E-state index >= 15 is 0 Å². The number of carbonyl (C=O) groups is 1. The van der Waals surface area contributed by atoms with Crippen molar-refractivity contribution in [3.63, 3.8) is 0 Å². The van der Waals surface area contributed by atoms with Crippen molar-refractivity contribution in [3.05, 3.63) is 29.3 Å². The Bertz CT molecular complexity index is 715. The first-order chi connectivity index (χ1) is 11.5. The second-order valence-corrected chi connectivity index (χ2v) is 8.90. The zero-order valence-electron chi connectivity index (χ0n) is 14.3. The molecule has 1 unspecified atom stereocenters. The highest BCUT2D eigenvalue weighted by Crippen LogP contribution is 2.26. The van der Waals surface area contributed by atoms with Crippen LogP contribution in [-0.4, -0.2) is 51.2 Å². The molecule has 0 bridgehead atoms. The normalized spacial score (nSPS) is 20.4. The third-order valence-corrected chi connectivity index (χ3v) is 6.86. The van der Waals surface area contributed by atoms with Crippen LogP contribution in [0, 0.1) is 0 Å². The van der Waals surface area contributed by atoms with E-state index in [0.717, 1.165) is 50.8 Å². The molecule has 0 aromatic heterocycles. The van der Waals surface area contributed by atoms with Gasteiger partial charge >= 0.3 is 0 Å². The number of amides is 1. The SMILES string of the molecule is CNCC1CCCN1C(=O)CCS(=O)(=O)c1ccc2c(c1)CCC2. The molecule has 6 heteroatoms. The smallest absolute Gasteiger partial charge is 0.223 e. The van der Waals surface area contributed by atoms with Gasteiger partial charge in [0.25, 0.3) is 0 Å². The Hall–Kier alpha value is -1.40. The minimum absolute atomic E-state index is 0.0440. The molecule has 1 aromatic carbocycles. The summed E-state index contributed by atoms with van der Waals surface area (Å²) in [5, 5.41) is 3.10. The van der Waals surface area contributed by atoms with Gasteiger partial charge in [0.15, 0.2) is 9.84 Å². The van der Waals surface area contributed by atoms with Crippen LogP contribution in [0.3, 0.4) is 0 Å². The van der Waals surface area contributed by atoms with E-state index in [9.17, 15) is 13.2 Å². The summed E-state index contributed by atoms with van der Waals surface area (Å²) in [6, 6.07) is 5.64. The molecule has 1 atom stereocenters. The number of carbonyl (C=O) groups excluding carboxylic acids is 1. The summed E-state index contributed by atoms with van der Waals surface area (Å²) in [4.78, 5) is 14.6. The number of sulfone groups is 1. The minimum atomic E-state index is -3.40. The number of likely N-dealkylation sites (tertiary alicyclic amines) is 1. The highest BCUT2D eigenvalue weighted by Gasteiger charge is 2.29. The summed E-state index contributed by atoms with van der Waals surface area (Å²) in [6.45, 7) is 1.51. The van der Waals surface area contributed by atoms with E-state index in [1.54, 1.807) is 6.07 Å². The molecule has 0 saturated carbocycles. The maximum atomic E-state index is 12.6. The van der Waals surface area contributed by atoms with Crippen molar-refractivity contribution in [2.24, 2.45) is 0 Å². The highest BCUT2D eigenvalue weighted by molar-refractivity contribution is 7.91. The minimum Gasteiger partial charge on any atom is -0.338 e. The molecule has 3 rings (SSSR count). The summed E-state index contributed by atoms with van der Waals surface area (Å²) >= 11 is 0. The van der Waals surface area contributed by atoms with Gasteiger partial charge < -0.3 is 10.2 Å². The molecule has 1 aliphatic carbocycles. The highest BCUT2D eigenvalue weighted by atomic mass is 32.2. The predicted octanol–water partition coefficient (Wildman–Crippen LogP) is 1.55.